The minimum atomic E-state index is -0.0437. The lowest BCUT2D eigenvalue weighted by atomic mass is 10.1. The Hall–Kier alpha value is -1.52. The van der Waals surface area contributed by atoms with E-state index in [4.69, 9.17) is 10.5 Å². The molecule has 2 N–H and O–H groups in total. The third kappa shape index (κ3) is 3.48. The summed E-state index contributed by atoms with van der Waals surface area (Å²) in [7, 11) is 1.63. The van der Waals surface area contributed by atoms with E-state index < -0.39 is 0 Å². The van der Waals surface area contributed by atoms with Crippen LogP contribution < -0.4 is 10.5 Å². The van der Waals surface area contributed by atoms with Gasteiger partial charge in [0.1, 0.15) is 5.75 Å². The van der Waals surface area contributed by atoms with Gasteiger partial charge in [0, 0.05) is 22.9 Å². The van der Waals surface area contributed by atoms with Crippen LogP contribution in [0.4, 0.5) is 0 Å². The first-order valence-electron chi connectivity index (χ1n) is 5.72. The second-order valence-electron chi connectivity index (χ2n) is 3.89. The summed E-state index contributed by atoms with van der Waals surface area (Å²) < 4.78 is 5.14. The summed E-state index contributed by atoms with van der Waals surface area (Å²) in [5, 5.41) is 0. The molecule has 0 aliphatic heterocycles. The molecule has 94 valence electrons. The van der Waals surface area contributed by atoms with Crippen LogP contribution in [0.5, 0.6) is 5.75 Å². The first-order valence-corrected chi connectivity index (χ1v) is 6.70. The van der Waals surface area contributed by atoms with Crippen molar-refractivity contribution in [2.45, 2.75) is 10.9 Å². The number of aromatic nitrogens is 1. The maximum absolute atomic E-state index is 6.15. The third-order valence-corrected chi connectivity index (χ3v) is 3.70. The van der Waals surface area contributed by atoms with Gasteiger partial charge in [-0.15, -0.1) is 11.8 Å². The number of pyridine rings is 1. The maximum Gasteiger partial charge on any atom is 0.137 e. The number of rotatable bonds is 5. The molecule has 1 heterocycles. The maximum atomic E-state index is 6.15. The van der Waals surface area contributed by atoms with Crippen LogP contribution in [0.2, 0.25) is 0 Å². The first-order chi connectivity index (χ1) is 8.79. The number of hydrogen-bond donors (Lipinski definition) is 1. The van der Waals surface area contributed by atoms with Crippen LogP contribution in [0.25, 0.3) is 0 Å². The van der Waals surface area contributed by atoms with Crippen molar-refractivity contribution in [2.24, 2.45) is 5.73 Å². The summed E-state index contributed by atoms with van der Waals surface area (Å²) >= 11 is 1.74. The highest BCUT2D eigenvalue weighted by Gasteiger charge is 2.08. The van der Waals surface area contributed by atoms with Crippen LogP contribution in [0, 0.1) is 0 Å². The molecule has 0 radical (unpaired) electrons. The highest BCUT2D eigenvalue weighted by atomic mass is 32.2. The van der Waals surface area contributed by atoms with Gasteiger partial charge < -0.3 is 10.5 Å². The van der Waals surface area contributed by atoms with Crippen molar-refractivity contribution >= 4 is 11.8 Å². The highest BCUT2D eigenvalue weighted by Crippen LogP contribution is 2.24. The standard InChI is InChI=1S/C14H16N2OS/c1-17-12-7-11(8-16-9-12)14(15)10-18-13-5-3-2-4-6-13/h2-9,14H,10,15H2,1H3. The quantitative estimate of drug-likeness (QED) is 0.840. The van der Waals surface area contributed by atoms with E-state index >= 15 is 0 Å². The van der Waals surface area contributed by atoms with Gasteiger partial charge in [0.05, 0.1) is 13.3 Å². The number of methoxy groups -OCH3 is 1. The summed E-state index contributed by atoms with van der Waals surface area (Å²) in [6.45, 7) is 0. The van der Waals surface area contributed by atoms with Crippen molar-refractivity contribution in [1.82, 2.24) is 4.98 Å². The van der Waals surface area contributed by atoms with E-state index in [0.717, 1.165) is 17.1 Å². The summed E-state index contributed by atoms with van der Waals surface area (Å²) in [5.41, 5.74) is 7.15. The fourth-order valence-electron chi connectivity index (χ4n) is 1.55. The average Bonchev–Trinajstić information content (AvgIpc) is 2.46. The van der Waals surface area contributed by atoms with Gasteiger partial charge in [-0.1, -0.05) is 18.2 Å². The van der Waals surface area contributed by atoms with Crippen LogP contribution in [-0.4, -0.2) is 17.8 Å². The predicted molar refractivity (Wildman–Crippen MR) is 74.9 cm³/mol. The van der Waals surface area contributed by atoms with E-state index in [-0.39, 0.29) is 6.04 Å². The molecule has 0 saturated carbocycles. The van der Waals surface area contributed by atoms with Gasteiger partial charge >= 0.3 is 0 Å². The number of hydrogen-bond acceptors (Lipinski definition) is 4. The summed E-state index contributed by atoms with van der Waals surface area (Å²) in [5.74, 6) is 1.56. The lowest BCUT2D eigenvalue weighted by Crippen LogP contribution is -2.13. The highest BCUT2D eigenvalue weighted by molar-refractivity contribution is 7.99. The van der Waals surface area contributed by atoms with Crippen molar-refractivity contribution in [2.75, 3.05) is 12.9 Å². The number of nitrogens with two attached hydrogens (primary N) is 1. The van der Waals surface area contributed by atoms with Gasteiger partial charge in [0.25, 0.3) is 0 Å². The molecule has 4 heteroatoms. The van der Waals surface area contributed by atoms with Crippen molar-refractivity contribution in [3.8, 4) is 5.75 Å². The zero-order chi connectivity index (χ0) is 12.8. The Balaban J connectivity index is 1.97. The van der Waals surface area contributed by atoms with Crippen molar-refractivity contribution in [3.05, 3.63) is 54.4 Å². The Morgan fingerprint density at radius 3 is 2.78 bits per heavy atom. The molecule has 1 unspecified atom stereocenters. The molecule has 1 aromatic carbocycles. The van der Waals surface area contributed by atoms with E-state index in [0.29, 0.717) is 0 Å². The zero-order valence-corrected chi connectivity index (χ0v) is 11.1. The number of thioether (sulfide) groups is 1. The molecule has 0 bridgehead atoms. The minimum Gasteiger partial charge on any atom is -0.495 e. The molecule has 0 amide bonds. The molecule has 1 atom stereocenters. The van der Waals surface area contributed by atoms with Gasteiger partial charge in [-0.25, -0.2) is 0 Å². The molecule has 2 rings (SSSR count). The van der Waals surface area contributed by atoms with Crippen LogP contribution in [-0.2, 0) is 0 Å². The Morgan fingerprint density at radius 2 is 2.06 bits per heavy atom. The van der Waals surface area contributed by atoms with Gasteiger partial charge in [-0.05, 0) is 23.8 Å². The molecule has 0 aliphatic carbocycles. The second kappa shape index (κ2) is 6.42. The SMILES string of the molecule is COc1cncc(C(N)CSc2ccccc2)c1. The lowest BCUT2D eigenvalue weighted by Gasteiger charge is -2.12. The van der Waals surface area contributed by atoms with E-state index in [1.54, 1.807) is 31.3 Å². The number of benzene rings is 1. The molecular weight excluding hydrogens is 244 g/mol. The van der Waals surface area contributed by atoms with Crippen LogP contribution in [0.15, 0.2) is 53.7 Å². The molecule has 0 spiro atoms. The molecule has 0 saturated heterocycles. The number of ether oxygens (including phenoxy) is 1. The summed E-state index contributed by atoms with van der Waals surface area (Å²) in [6, 6.07) is 12.1. The smallest absolute Gasteiger partial charge is 0.137 e. The number of nitrogens with zero attached hydrogens (tertiary/aromatic N) is 1. The Bertz CT molecular complexity index is 490. The van der Waals surface area contributed by atoms with Gasteiger partial charge in [0.15, 0.2) is 0 Å². The Morgan fingerprint density at radius 1 is 1.28 bits per heavy atom. The minimum absolute atomic E-state index is 0.0437. The first kappa shape index (κ1) is 12.9. The fraction of sp³-hybridized carbons (Fsp3) is 0.214. The van der Waals surface area contributed by atoms with E-state index in [2.05, 4.69) is 17.1 Å². The fourth-order valence-corrected chi connectivity index (χ4v) is 2.46. The molecule has 0 aliphatic rings. The molecule has 0 fully saturated rings. The lowest BCUT2D eigenvalue weighted by molar-refractivity contribution is 0.412. The van der Waals surface area contributed by atoms with Gasteiger partial charge in [-0.2, -0.15) is 0 Å². The van der Waals surface area contributed by atoms with Crippen LogP contribution in [0.1, 0.15) is 11.6 Å². The van der Waals surface area contributed by atoms with E-state index in [1.165, 1.54) is 4.90 Å². The van der Waals surface area contributed by atoms with Crippen molar-refractivity contribution < 1.29 is 4.74 Å². The molecule has 3 nitrogen and oxygen atoms in total. The van der Waals surface area contributed by atoms with Crippen LogP contribution in [0.3, 0.4) is 0 Å². The molecule has 2 aromatic rings. The summed E-state index contributed by atoms with van der Waals surface area (Å²) in [6.07, 6.45) is 3.47. The molecule has 1 aromatic heterocycles. The van der Waals surface area contributed by atoms with Crippen molar-refractivity contribution in [3.63, 3.8) is 0 Å². The van der Waals surface area contributed by atoms with Gasteiger partial charge in [0.2, 0.25) is 0 Å². The largest absolute Gasteiger partial charge is 0.495 e. The topological polar surface area (TPSA) is 48.1 Å². The predicted octanol–water partition coefficient (Wildman–Crippen LogP) is 2.88. The second-order valence-corrected chi connectivity index (χ2v) is 4.98. The van der Waals surface area contributed by atoms with E-state index in [9.17, 15) is 0 Å². The average molecular weight is 260 g/mol. The molecular formula is C14H16N2OS. The summed E-state index contributed by atoms with van der Waals surface area (Å²) in [4.78, 5) is 5.34. The zero-order valence-electron chi connectivity index (χ0n) is 10.2. The molecule has 18 heavy (non-hydrogen) atoms. The van der Waals surface area contributed by atoms with Gasteiger partial charge in [-0.3, -0.25) is 4.98 Å². The Labute approximate surface area is 111 Å². The van der Waals surface area contributed by atoms with Crippen molar-refractivity contribution in [1.29, 1.82) is 0 Å². The van der Waals surface area contributed by atoms with E-state index in [1.807, 2.05) is 24.3 Å². The monoisotopic (exact) mass is 260 g/mol. The normalized spacial score (nSPS) is 12.1. The van der Waals surface area contributed by atoms with Crippen LogP contribution >= 0.6 is 11.8 Å². The third-order valence-electron chi connectivity index (χ3n) is 2.57. The Kier molecular flexibility index (Phi) is 4.61.